The molecule has 0 saturated heterocycles. The molecule has 0 unspecified atom stereocenters. The van der Waals surface area contributed by atoms with Gasteiger partial charge in [0.05, 0.1) is 19.1 Å². The predicted octanol–water partition coefficient (Wildman–Crippen LogP) is 8.52. The highest BCUT2D eigenvalue weighted by Gasteiger charge is 2.41. The summed E-state index contributed by atoms with van der Waals surface area (Å²) in [5.41, 5.74) is 0.859. The van der Waals surface area contributed by atoms with Crippen molar-refractivity contribution >= 4 is 12.0 Å². The second-order valence-electron chi connectivity index (χ2n) is 9.47. The maximum absolute atomic E-state index is 12.8. The number of hydrogen-bond acceptors (Lipinski definition) is 3. The average molecular weight is 483 g/mol. The summed E-state index contributed by atoms with van der Waals surface area (Å²) in [5.74, 6) is -0.650. The standard InChI is InChI=1S/C28H41F3O3/c1-2-3-4-5-6-7-8-9-10-21-33-27(32)20-15-23-13-18-26(19-14-23)34-22-24-11-16-25(17-12-24)28(29,30)31/h13-15,18-20,24-25H,2-12,16-17,21-22H2,1H3. The van der Waals surface area contributed by atoms with Crippen LogP contribution in [0.3, 0.4) is 0 Å². The molecule has 192 valence electrons. The van der Waals surface area contributed by atoms with E-state index in [4.69, 9.17) is 9.47 Å². The monoisotopic (exact) mass is 482 g/mol. The van der Waals surface area contributed by atoms with E-state index in [1.165, 1.54) is 51.0 Å². The van der Waals surface area contributed by atoms with Gasteiger partial charge in [0.2, 0.25) is 0 Å². The Hall–Kier alpha value is -1.98. The van der Waals surface area contributed by atoms with Crippen LogP contribution in [0.4, 0.5) is 13.2 Å². The van der Waals surface area contributed by atoms with Gasteiger partial charge in [0, 0.05) is 6.08 Å². The highest BCUT2D eigenvalue weighted by Crippen LogP contribution is 2.39. The summed E-state index contributed by atoms with van der Waals surface area (Å²) in [6.07, 6.45) is 11.6. The number of esters is 1. The van der Waals surface area contributed by atoms with Crippen LogP contribution >= 0.6 is 0 Å². The number of carbonyl (C=O) groups excluding carboxylic acids is 1. The Labute approximate surface area is 203 Å². The first kappa shape index (κ1) is 28.3. The van der Waals surface area contributed by atoms with Crippen molar-refractivity contribution in [3.05, 3.63) is 35.9 Å². The van der Waals surface area contributed by atoms with Crippen molar-refractivity contribution in [1.82, 2.24) is 0 Å². The van der Waals surface area contributed by atoms with Crippen LogP contribution in [0.25, 0.3) is 6.08 Å². The molecule has 0 N–H and O–H groups in total. The predicted molar refractivity (Wildman–Crippen MR) is 131 cm³/mol. The number of unbranched alkanes of at least 4 members (excludes halogenated alkanes) is 8. The Morgan fingerprint density at radius 2 is 1.50 bits per heavy atom. The maximum atomic E-state index is 12.8. The third kappa shape index (κ3) is 11.9. The van der Waals surface area contributed by atoms with Crippen LogP contribution < -0.4 is 4.74 Å². The van der Waals surface area contributed by atoms with Crippen LogP contribution in [-0.4, -0.2) is 25.4 Å². The fourth-order valence-electron chi connectivity index (χ4n) is 4.34. The minimum Gasteiger partial charge on any atom is -0.493 e. The topological polar surface area (TPSA) is 35.5 Å². The summed E-state index contributed by atoms with van der Waals surface area (Å²) < 4.78 is 49.3. The first-order chi connectivity index (χ1) is 16.4. The minimum absolute atomic E-state index is 0.165. The zero-order valence-corrected chi connectivity index (χ0v) is 20.6. The van der Waals surface area contributed by atoms with Crippen molar-refractivity contribution < 1.29 is 27.4 Å². The van der Waals surface area contributed by atoms with E-state index in [1.54, 1.807) is 6.08 Å². The zero-order chi connectivity index (χ0) is 24.7. The molecule has 2 rings (SSSR count). The van der Waals surface area contributed by atoms with Crippen LogP contribution in [0.15, 0.2) is 30.3 Å². The van der Waals surface area contributed by atoms with Crippen molar-refractivity contribution in [2.24, 2.45) is 11.8 Å². The molecule has 0 radical (unpaired) electrons. The van der Waals surface area contributed by atoms with E-state index >= 15 is 0 Å². The van der Waals surface area contributed by atoms with Gasteiger partial charge in [-0.2, -0.15) is 13.2 Å². The Morgan fingerprint density at radius 3 is 2.09 bits per heavy atom. The number of halogens is 3. The third-order valence-electron chi connectivity index (χ3n) is 6.58. The fourth-order valence-corrected chi connectivity index (χ4v) is 4.34. The van der Waals surface area contributed by atoms with Gasteiger partial charge >= 0.3 is 12.1 Å². The second kappa shape index (κ2) is 15.8. The fraction of sp³-hybridized carbons (Fsp3) is 0.679. The van der Waals surface area contributed by atoms with Crippen molar-refractivity contribution in [2.75, 3.05) is 13.2 Å². The van der Waals surface area contributed by atoms with Gasteiger partial charge in [-0.25, -0.2) is 4.79 Å². The number of ether oxygens (including phenoxy) is 2. The van der Waals surface area contributed by atoms with E-state index < -0.39 is 12.1 Å². The highest BCUT2D eigenvalue weighted by atomic mass is 19.4. The highest BCUT2D eigenvalue weighted by molar-refractivity contribution is 5.87. The largest absolute Gasteiger partial charge is 0.493 e. The van der Waals surface area contributed by atoms with Gasteiger partial charge in [0.1, 0.15) is 5.75 Å². The smallest absolute Gasteiger partial charge is 0.391 e. The Morgan fingerprint density at radius 1 is 0.912 bits per heavy atom. The van der Waals surface area contributed by atoms with Gasteiger partial charge in [-0.05, 0) is 61.8 Å². The lowest BCUT2D eigenvalue weighted by atomic mass is 9.82. The Balaban J connectivity index is 1.55. The van der Waals surface area contributed by atoms with Crippen LogP contribution in [0.2, 0.25) is 0 Å². The molecule has 3 nitrogen and oxygen atoms in total. The molecule has 1 aliphatic rings. The number of carbonyl (C=O) groups is 1. The molecule has 1 fully saturated rings. The van der Waals surface area contributed by atoms with Gasteiger partial charge in [-0.3, -0.25) is 0 Å². The molecule has 0 atom stereocenters. The van der Waals surface area contributed by atoms with E-state index in [1.807, 2.05) is 24.3 Å². The van der Waals surface area contributed by atoms with Crippen LogP contribution in [0, 0.1) is 11.8 Å². The lowest BCUT2D eigenvalue weighted by molar-refractivity contribution is -0.184. The summed E-state index contributed by atoms with van der Waals surface area (Å²) in [5, 5.41) is 0. The number of alkyl halides is 3. The van der Waals surface area contributed by atoms with E-state index in [-0.39, 0.29) is 24.7 Å². The first-order valence-electron chi connectivity index (χ1n) is 13.0. The van der Waals surface area contributed by atoms with Gasteiger partial charge in [-0.1, -0.05) is 70.4 Å². The summed E-state index contributed by atoms with van der Waals surface area (Å²) in [6, 6.07) is 7.32. The number of hydrogen-bond donors (Lipinski definition) is 0. The van der Waals surface area contributed by atoms with E-state index in [2.05, 4.69) is 6.92 Å². The number of rotatable bonds is 15. The van der Waals surface area contributed by atoms with Crippen LogP contribution in [0.5, 0.6) is 5.75 Å². The minimum atomic E-state index is -4.07. The molecular formula is C28H41F3O3. The molecule has 1 aromatic carbocycles. The van der Waals surface area contributed by atoms with Crippen molar-refractivity contribution in [1.29, 1.82) is 0 Å². The van der Waals surface area contributed by atoms with Crippen LogP contribution in [0.1, 0.15) is 96.0 Å². The molecule has 0 heterocycles. The van der Waals surface area contributed by atoms with E-state index in [9.17, 15) is 18.0 Å². The zero-order valence-electron chi connectivity index (χ0n) is 20.6. The molecule has 0 aliphatic heterocycles. The maximum Gasteiger partial charge on any atom is 0.391 e. The molecule has 0 aromatic heterocycles. The normalized spacial score (nSPS) is 18.8. The lowest BCUT2D eigenvalue weighted by Crippen LogP contribution is -2.29. The van der Waals surface area contributed by atoms with Gasteiger partial charge in [0.25, 0.3) is 0 Å². The molecule has 1 aromatic rings. The molecule has 0 amide bonds. The van der Waals surface area contributed by atoms with E-state index in [0.717, 1.165) is 18.4 Å². The molecule has 1 saturated carbocycles. The third-order valence-corrected chi connectivity index (χ3v) is 6.58. The SMILES string of the molecule is CCCCCCCCCCCOC(=O)C=Cc1ccc(OCC2CCC(C(F)(F)F)CC2)cc1. The molecule has 34 heavy (non-hydrogen) atoms. The quantitative estimate of drug-likeness (QED) is 0.143. The average Bonchev–Trinajstić information content (AvgIpc) is 2.83. The van der Waals surface area contributed by atoms with Gasteiger partial charge < -0.3 is 9.47 Å². The molecule has 0 spiro atoms. The molecule has 1 aliphatic carbocycles. The summed E-state index contributed by atoms with van der Waals surface area (Å²) >= 11 is 0. The van der Waals surface area contributed by atoms with Gasteiger partial charge in [-0.15, -0.1) is 0 Å². The lowest BCUT2D eigenvalue weighted by Gasteiger charge is -2.29. The first-order valence-corrected chi connectivity index (χ1v) is 13.0. The Kier molecular flexibility index (Phi) is 13.2. The molecule has 0 bridgehead atoms. The summed E-state index contributed by atoms with van der Waals surface area (Å²) in [4.78, 5) is 11.9. The second-order valence-corrected chi connectivity index (χ2v) is 9.47. The summed E-state index contributed by atoms with van der Waals surface area (Å²) in [7, 11) is 0. The Bertz CT molecular complexity index is 705. The molecule has 6 heteroatoms. The number of benzene rings is 1. The van der Waals surface area contributed by atoms with Crippen molar-refractivity contribution in [3.63, 3.8) is 0 Å². The van der Waals surface area contributed by atoms with Crippen LogP contribution in [-0.2, 0) is 9.53 Å². The van der Waals surface area contributed by atoms with E-state index in [0.29, 0.717) is 31.8 Å². The summed E-state index contributed by atoms with van der Waals surface area (Å²) in [6.45, 7) is 3.12. The van der Waals surface area contributed by atoms with Gasteiger partial charge in [0.15, 0.2) is 0 Å². The molecular weight excluding hydrogens is 441 g/mol. The van der Waals surface area contributed by atoms with Crippen molar-refractivity contribution in [3.8, 4) is 5.75 Å². The van der Waals surface area contributed by atoms with Crippen molar-refractivity contribution in [2.45, 2.75) is 96.6 Å².